The minimum atomic E-state index is -0.807. The fourth-order valence-corrected chi connectivity index (χ4v) is 4.20. The molecule has 2 aliphatic rings. The molecule has 1 aromatic rings. The number of anilines is 1. The van der Waals surface area contributed by atoms with Crippen molar-refractivity contribution >= 4 is 17.7 Å². The molecule has 2 heterocycles. The minimum absolute atomic E-state index is 0.105. The predicted octanol–water partition coefficient (Wildman–Crippen LogP) is 2.16. The van der Waals surface area contributed by atoms with Crippen LogP contribution >= 0.6 is 0 Å². The molecule has 1 aromatic carbocycles. The number of halogens is 1. The third-order valence-corrected chi connectivity index (χ3v) is 5.79. The van der Waals surface area contributed by atoms with Crippen molar-refractivity contribution in [1.29, 1.82) is 0 Å². The summed E-state index contributed by atoms with van der Waals surface area (Å²) in [5.74, 6) is -1.09. The van der Waals surface area contributed by atoms with Gasteiger partial charge in [-0.2, -0.15) is 0 Å². The number of amides is 2. The van der Waals surface area contributed by atoms with E-state index in [-0.39, 0.29) is 18.4 Å². The summed E-state index contributed by atoms with van der Waals surface area (Å²) in [6, 6.07) is 5.87. The maximum Gasteiger partial charge on any atom is 0.321 e. The quantitative estimate of drug-likeness (QED) is 0.803. The van der Waals surface area contributed by atoms with Gasteiger partial charge >= 0.3 is 12.0 Å². The molecule has 0 aliphatic carbocycles. The van der Waals surface area contributed by atoms with Crippen LogP contribution in [-0.2, 0) is 4.79 Å². The summed E-state index contributed by atoms with van der Waals surface area (Å²) >= 11 is 0. The van der Waals surface area contributed by atoms with E-state index < -0.39 is 11.8 Å². The highest BCUT2D eigenvalue weighted by Crippen LogP contribution is 2.27. The van der Waals surface area contributed by atoms with E-state index in [9.17, 15) is 14.0 Å². The molecule has 2 amide bonds. The van der Waals surface area contributed by atoms with Gasteiger partial charge in [0.1, 0.15) is 5.82 Å². The van der Waals surface area contributed by atoms with Gasteiger partial charge in [-0.25, -0.2) is 9.18 Å². The number of likely N-dealkylation sites (tertiary alicyclic amines) is 1. The molecule has 0 radical (unpaired) electrons. The number of nitrogens with zero attached hydrogens (tertiary/aromatic N) is 3. The Kier molecular flexibility index (Phi) is 6.85. The molecular formula is C20H29FN4O3. The van der Waals surface area contributed by atoms with Gasteiger partial charge in [0, 0.05) is 57.4 Å². The number of carbonyl (C=O) groups excluding carboxylic acids is 1. The molecule has 0 spiro atoms. The van der Waals surface area contributed by atoms with Gasteiger partial charge in [0.15, 0.2) is 0 Å². The number of nitrogens with one attached hydrogen (secondary N) is 1. The number of urea groups is 1. The van der Waals surface area contributed by atoms with Gasteiger partial charge in [-0.05, 0) is 44.0 Å². The van der Waals surface area contributed by atoms with Gasteiger partial charge in [-0.1, -0.05) is 6.07 Å². The third-order valence-electron chi connectivity index (χ3n) is 5.79. The van der Waals surface area contributed by atoms with Crippen molar-refractivity contribution in [3.05, 3.63) is 30.1 Å². The SMILES string of the molecule is CN1CCN([C@H]2CCN(C(=O)Nc3cccc(F)c3)C[C@H]2CCC(=O)O)CC1. The molecule has 2 atom stereocenters. The lowest BCUT2D eigenvalue weighted by Gasteiger charge is -2.46. The van der Waals surface area contributed by atoms with E-state index in [2.05, 4.69) is 22.2 Å². The normalized spacial score (nSPS) is 24.1. The molecule has 28 heavy (non-hydrogen) atoms. The molecule has 7 nitrogen and oxygen atoms in total. The van der Waals surface area contributed by atoms with Gasteiger partial charge in [-0.15, -0.1) is 0 Å². The maximum atomic E-state index is 13.4. The molecule has 2 aliphatic heterocycles. The first kappa shape index (κ1) is 20.5. The molecule has 2 N–H and O–H groups in total. The molecule has 3 rings (SSSR count). The molecule has 0 bridgehead atoms. The van der Waals surface area contributed by atoms with Gasteiger partial charge in [0.2, 0.25) is 0 Å². The molecule has 2 fully saturated rings. The van der Waals surface area contributed by atoms with Crippen LogP contribution in [0.4, 0.5) is 14.9 Å². The second-order valence-electron chi connectivity index (χ2n) is 7.77. The first-order valence-electron chi connectivity index (χ1n) is 9.88. The van der Waals surface area contributed by atoms with Crippen molar-refractivity contribution in [2.45, 2.75) is 25.3 Å². The van der Waals surface area contributed by atoms with Crippen molar-refractivity contribution in [2.24, 2.45) is 5.92 Å². The first-order chi connectivity index (χ1) is 13.4. The zero-order valence-corrected chi connectivity index (χ0v) is 16.3. The second kappa shape index (κ2) is 9.34. The van der Waals surface area contributed by atoms with Crippen LogP contribution in [0.2, 0.25) is 0 Å². The lowest BCUT2D eigenvalue weighted by atomic mass is 9.86. The predicted molar refractivity (Wildman–Crippen MR) is 105 cm³/mol. The summed E-state index contributed by atoms with van der Waals surface area (Å²) < 4.78 is 13.4. The molecule has 8 heteroatoms. The average Bonchev–Trinajstić information content (AvgIpc) is 2.67. The second-order valence-corrected chi connectivity index (χ2v) is 7.77. The van der Waals surface area contributed by atoms with Crippen molar-refractivity contribution in [3.63, 3.8) is 0 Å². The fourth-order valence-electron chi connectivity index (χ4n) is 4.20. The number of rotatable bonds is 5. The number of benzene rings is 1. The lowest BCUT2D eigenvalue weighted by Crippen LogP contribution is -2.57. The van der Waals surface area contributed by atoms with Crippen LogP contribution in [0.25, 0.3) is 0 Å². The Hall–Kier alpha value is -2.19. The number of carboxylic acids is 1. The number of piperidine rings is 1. The topological polar surface area (TPSA) is 76.1 Å². The Balaban J connectivity index is 1.64. The van der Waals surface area contributed by atoms with Crippen molar-refractivity contribution in [1.82, 2.24) is 14.7 Å². The number of aliphatic carboxylic acids is 1. The number of hydrogen-bond acceptors (Lipinski definition) is 4. The summed E-state index contributed by atoms with van der Waals surface area (Å²) in [6.07, 6.45) is 1.48. The standard InChI is InChI=1S/C20H29FN4O3/c1-23-9-11-24(12-10-23)18-7-8-25(14-15(18)5-6-19(26)27)20(28)22-17-4-2-3-16(21)13-17/h2-4,13,15,18H,5-12,14H2,1H3,(H,22,28)(H,26,27)/t15-,18+/m1/s1. The molecule has 0 unspecified atom stereocenters. The minimum Gasteiger partial charge on any atom is -0.481 e. The Morgan fingerprint density at radius 3 is 2.64 bits per heavy atom. The Morgan fingerprint density at radius 1 is 1.21 bits per heavy atom. The summed E-state index contributed by atoms with van der Waals surface area (Å²) in [5, 5.41) is 11.9. The van der Waals surface area contributed by atoms with Crippen LogP contribution < -0.4 is 5.32 Å². The Morgan fingerprint density at radius 2 is 1.96 bits per heavy atom. The van der Waals surface area contributed by atoms with Crippen molar-refractivity contribution < 1.29 is 19.1 Å². The smallest absolute Gasteiger partial charge is 0.321 e. The number of carboxylic acid groups (broad SMARTS) is 1. The van der Waals surface area contributed by atoms with E-state index in [0.29, 0.717) is 31.2 Å². The summed E-state index contributed by atoms with van der Waals surface area (Å²) in [5.41, 5.74) is 0.424. The highest BCUT2D eigenvalue weighted by Gasteiger charge is 2.36. The van der Waals surface area contributed by atoms with Crippen LogP contribution in [0.15, 0.2) is 24.3 Å². The van der Waals surface area contributed by atoms with E-state index in [0.717, 1.165) is 32.6 Å². The van der Waals surface area contributed by atoms with Crippen molar-refractivity contribution in [2.75, 3.05) is 51.6 Å². The Bertz CT molecular complexity index is 694. The van der Waals surface area contributed by atoms with E-state index in [1.54, 1.807) is 17.0 Å². The zero-order chi connectivity index (χ0) is 20.1. The Labute approximate surface area is 165 Å². The van der Waals surface area contributed by atoms with Crippen LogP contribution in [0.1, 0.15) is 19.3 Å². The van der Waals surface area contributed by atoms with Crippen LogP contribution in [0.5, 0.6) is 0 Å². The monoisotopic (exact) mass is 392 g/mol. The maximum absolute atomic E-state index is 13.4. The highest BCUT2D eigenvalue weighted by molar-refractivity contribution is 5.89. The van der Waals surface area contributed by atoms with E-state index in [1.807, 2.05) is 0 Å². The number of piperazine rings is 1. The van der Waals surface area contributed by atoms with E-state index in [1.165, 1.54) is 12.1 Å². The van der Waals surface area contributed by atoms with Crippen LogP contribution in [0.3, 0.4) is 0 Å². The molecular weight excluding hydrogens is 363 g/mol. The molecule has 0 aromatic heterocycles. The summed E-state index contributed by atoms with van der Waals surface area (Å²) in [4.78, 5) is 30.2. The summed E-state index contributed by atoms with van der Waals surface area (Å²) in [7, 11) is 2.11. The largest absolute Gasteiger partial charge is 0.481 e. The molecule has 2 saturated heterocycles. The number of likely N-dealkylation sites (N-methyl/N-ethyl adjacent to an activating group) is 1. The van der Waals surface area contributed by atoms with Gasteiger partial charge in [-0.3, -0.25) is 9.69 Å². The van der Waals surface area contributed by atoms with Gasteiger partial charge in [0.05, 0.1) is 0 Å². The van der Waals surface area contributed by atoms with Crippen LogP contribution in [-0.4, -0.2) is 84.2 Å². The molecule has 0 saturated carbocycles. The molecule has 154 valence electrons. The van der Waals surface area contributed by atoms with Gasteiger partial charge < -0.3 is 20.2 Å². The average molecular weight is 392 g/mol. The summed E-state index contributed by atoms with van der Waals surface area (Å²) in [6.45, 7) is 5.09. The van der Waals surface area contributed by atoms with Gasteiger partial charge in [0.25, 0.3) is 0 Å². The lowest BCUT2D eigenvalue weighted by molar-refractivity contribution is -0.137. The van der Waals surface area contributed by atoms with E-state index in [4.69, 9.17) is 5.11 Å². The number of hydrogen-bond donors (Lipinski definition) is 2. The fraction of sp³-hybridized carbons (Fsp3) is 0.600. The highest BCUT2D eigenvalue weighted by atomic mass is 19.1. The first-order valence-corrected chi connectivity index (χ1v) is 9.88. The van der Waals surface area contributed by atoms with E-state index >= 15 is 0 Å². The third kappa shape index (κ3) is 5.42. The number of carbonyl (C=O) groups is 2. The zero-order valence-electron chi connectivity index (χ0n) is 16.3. The van der Waals surface area contributed by atoms with Crippen molar-refractivity contribution in [3.8, 4) is 0 Å². The van der Waals surface area contributed by atoms with Crippen LogP contribution in [0, 0.1) is 11.7 Å².